The van der Waals surface area contributed by atoms with Crippen LogP contribution in [0.5, 0.6) is 11.5 Å². The highest BCUT2D eigenvalue weighted by molar-refractivity contribution is 6.42. The van der Waals surface area contributed by atoms with Crippen LogP contribution >= 0.6 is 23.2 Å². The van der Waals surface area contributed by atoms with Crippen LogP contribution in [0.15, 0.2) is 60.7 Å². The summed E-state index contributed by atoms with van der Waals surface area (Å²) in [7, 11) is 0. The zero-order chi connectivity index (χ0) is 23.1. The van der Waals surface area contributed by atoms with Crippen LogP contribution in [0.4, 0.5) is 11.4 Å². The quantitative estimate of drug-likeness (QED) is 0.323. The van der Waals surface area contributed by atoms with Crippen molar-refractivity contribution >= 4 is 51.4 Å². The van der Waals surface area contributed by atoms with Gasteiger partial charge >= 0.3 is 0 Å². The van der Waals surface area contributed by atoms with E-state index in [1.165, 1.54) is 18.2 Å². The normalized spacial score (nSPS) is 12.7. The van der Waals surface area contributed by atoms with Gasteiger partial charge in [0, 0.05) is 42.2 Å². The molecule has 1 aromatic heterocycles. The van der Waals surface area contributed by atoms with Gasteiger partial charge in [-0.05, 0) is 48.0 Å². The van der Waals surface area contributed by atoms with E-state index in [9.17, 15) is 15.0 Å². The zero-order valence-corrected chi connectivity index (χ0v) is 18.9. The first-order valence-corrected chi connectivity index (χ1v) is 11.1. The third-order valence-electron chi connectivity index (χ3n) is 5.69. The summed E-state index contributed by atoms with van der Waals surface area (Å²) in [5.74, 6) is -0.592. The molecule has 0 aliphatic carbocycles. The van der Waals surface area contributed by atoms with Crippen LogP contribution in [0.1, 0.15) is 21.6 Å². The van der Waals surface area contributed by atoms with Crippen LogP contribution in [-0.4, -0.2) is 27.6 Å². The SMILES string of the molecule is O=C(Nc1ccc(CN2CCc3nc4cc(O)c(O)cc4cc32)cc1)c1ccc(Cl)c(Cl)c1. The number of aromatic hydroxyl groups is 2. The number of hydrogen-bond donors (Lipinski definition) is 3. The number of phenols is 2. The lowest BCUT2D eigenvalue weighted by Gasteiger charge is -2.20. The molecular weight excluding hydrogens is 461 g/mol. The Hall–Kier alpha value is -3.48. The summed E-state index contributed by atoms with van der Waals surface area (Å²) in [5.41, 5.74) is 4.85. The van der Waals surface area contributed by atoms with Gasteiger partial charge in [-0.15, -0.1) is 0 Å². The number of benzene rings is 3. The minimum atomic E-state index is -0.262. The molecule has 166 valence electrons. The number of carbonyl (C=O) groups is 1. The van der Waals surface area contributed by atoms with Crippen LogP contribution < -0.4 is 10.2 Å². The number of carbonyl (C=O) groups excluding carboxylic acids is 1. The second-order valence-electron chi connectivity index (χ2n) is 7.94. The molecule has 5 rings (SSSR count). The van der Waals surface area contributed by atoms with Crippen molar-refractivity contribution in [2.45, 2.75) is 13.0 Å². The predicted octanol–water partition coefficient (Wildman–Crippen LogP) is 5.77. The standard InChI is InChI=1S/C25H19Cl2N3O3/c26-18-6-3-15(9-19(18)27)25(33)28-17-4-1-14(2-5-17)13-30-8-7-20-22(30)10-16-11-23(31)24(32)12-21(16)29-20/h1-6,9-12,31-32H,7-8,13H2,(H,28,33). The van der Waals surface area contributed by atoms with E-state index in [0.717, 1.165) is 35.3 Å². The first-order valence-electron chi connectivity index (χ1n) is 10.3. The molecule has 0 atom stereocenters. The van der Waals surface area contributed by atoms with Crippen molar-refractivity contribution in [2.75, 3.05) is 16.8 Å². The van der Waals surface area contributed by atoms with Crippen LogP contribution in [0.3, 0.4) is 0 Å². The number of fused-ring (bicyclic) bond motifs is 2. The number of hydrogen-bond acceptors (Lipinski definition) is 5. The number of nitrogens with one attached hydrogen (secondary N) is 1. The molecular formula is C25H19Cl2N3O3. The molecule has 0 bridgehead atoms. The Morgan fingerprint density at radius 3 is 2.48 bits per heavy atom. The number of pyridine rings is 1. The molecule has 0 saturated carbocycles. The summed E-state index contributed by atoms with van der Waals surface area (Å²) in [6, 6.07) is 17.4. The van der Waals surface area contributed by atoms with Crippen molar-refractivity contribution in [2.24, 2.45) is 0 Å². The number of rotatable bonds is 4. The van der Waals surface area contributed by atoms with Crippen molar-refractivity contribution in [1.29, 1.82) is 0 Å². The van der Waals surface area contributed by atoms with Gasteiger partial charge in [0.15, 0.2) is 11.5 Å². The lowest BCUT2D eigenvalue weighted by atomic mass is 10.1. The van der Waals surface area contributed by atoms with Gasteiger partial charge in [0.2, 0.25) is 0 Å². The van der Waals surface area contributed by atoms with Crippen molar-refractivity contribution in [3.05, 3.63) is 87.5 Å². The van der Waals surface area contributed by atoms with E-state index in [1.807, 2.05) is 30.3 Å². The molecule has 4 aromatic rings. The molecule has 6 nitrogen and oxygen atoms in total. The predicted molar refractivity (Wildman–Crippen MR) is 131 cm³/mol. The van der Waals surface area contributed by atoms with E-state index >= 15 is 0 Å². The Labute approximate surface area is 200 Å². The van der Waals surface area contributed by atoms with E-state index in [2.05, 4.69) is 15.2 Å². The number of aromatic nitrogens is 1. The maximum absolute atomic E-state index is 12.5. The van der Waals surface area contributed by atoms with Gasteiger partial charge in [0.1, 0.15) is 0 Å². The van der Waals surface area contributed by atoms with E-state index in [0.29, 0.717) is 33.4 Å². The van der Waals surface area contributed by atoms with E-state index in [1.54, 1.807) is 12.1 Å². The van der Waals surface area contributed by atoms with Gasteiger partial charge in [-0.2, -0.15) is 0 Å². The summed E-state index contributed by atoms with van der Waals surface area (Å²) < 4.78 is 0. The highest BCUT2D eigenvalue weighted by atomic mass is 35.5. The van der Waals surface area contributed by atoms with Crippen LogP contribution in [-0.2, 0) is 13.0 Å². The molecule has 1 aliphatic heterocycles. The summed E-state index contributed by atoms with van der Waals surface area (Å²) >= 11 is 11.9. The molecule has 0 fully saturated rings. The van der Waals surface area contributed by atoms with Gasteiger partial charge in [0.05, 0.1) is 26.9 Å². The van der Waals surface area contributed by atoms with E-state index in [-0.39, 0.29) is 17.4 Å². The summed E-state index contributed by atoms with van der Waals surface area (Å²) in [4.78, 5) is 19.4. The molecule has 1 amide bonds. The maximum atomic E-state index is 12.5. The Morgan fingerprint density at radius 1 is 0.970 bits per heavy atom. The Morgan fingerprint density at radius 2 is 1.73 bits per heavy atom. The number of anilines is 2. The minimum absolute atomic E-state index is 0.160. The van der Waals surface area contributed by atoms with Gasteiger partial charge < -0.3 is 20.4 Å². The van der Waals surface area contributed by atoms with Gasteiger partial charge in [-0.25, -0.2) is 0 Å². The van der Waals surface area contributed by atoms with Gasteiger partial charge in [-0.3, -0.25) is 9.78 Å². The summed E-state index contributed by atoms with van der Waals surface area (Å²) in [5, 5.41) is 23.9. The molecule has 2 heterocycles. The number of halogens is 2. The van der Waals surface area contributed by atoms with Crippen LogP contribution in [0.2, 0.25) is 10.0 Å². The largest absolute Gasteiger partial charge is 0.504 e. The topological polar surface area (TPSA) is 85.7 Å². The Balaban J connectivity index is 1.30. The lowest BCUT2D eigenvalue weighted by Crippen LogP contribution is -2.19. The van der Waals surface area contributed by atoms with E-state index < -0.39 is 0 Å². The smallest absolute Gasteiger partial charge is 0.255 e. The van der Waals surface area contributed by atoms with Crippen molar-refractivity contribution in [1.82, 2.24) is 4.98 Å². The number of amides is 1. The molecule has 8 heteroatoms. The second-order valence-corrected chi connectivity index (χ2v) is 8.75. The van der Waals surface area contributed by atoms with Gasteiger partial charge in [0.25, 0.3) is 5.91 Å². The first kappa shape index (κ1) is 21.4. The molecule has 0 radical (unpaired) electrons. The monoisotopic (exact) mass is 479 g/mol. The fourth-order valence-electron chi connectivity index (χ4n) is 3.97. The average Bonchev–Trinajstić information content (AvgIpc) is 3.17. The third-order valence-corrected chi connectivity index (χ3v) is 6.43. The Kier molecular flexibility index (Phi) is 5.48. The number of nitrogens with zero attached hydrogens (tertiary/aromatic N) is 2. The fourth-order valence-corrected chi connectivity index (χ4v) is 4.26. The first-order chi connectivity index (χ1) is 15.9. The van der Waals surface area contributed by atoms with Crippen molar-refractivity contribution < 1.29 is 15.0 Å². The maximum Gasteiger partial charge on any atom is 0.255 e. The van der Waals surface area contributed by atoms with Crippen LogP contribution in [0.25, 0.3) is 10.9 Å². The molecule has 3 N–H and O–H groups in total. The van der Waals surface area contributed by atoms with Crippen molar-refractivity contribution in [3.63, 3.8) is 0 Å². The molecule has 33 heavy (non-hydrogen) atoms. The molecule has 0 spiro atoms. The third kappa shape index (κ3) is 4.27. The molecule has 3 aromatic carbocycles. The highest BCUT2D eigenvalue weighted by Gasteiger charge is 2.22. The van der Waals surface area contributed by atoms with Crippen molar-refractivity contribution in [3.8, 4) is 11.5 Å². The van der Waals surface area contributed by atoms with E-state index in [4.69, 9.17) is 23.2 Å². The highest BCUT2D eigenvalue weighted by Crippen LogP contribution is 2.35. The molecule has 0 saturated heterocycles. The second kappa shape index (κ2) is 8.46. The van der Waals surface area contributed by atoms with Gasteiger partial charge in [-0.1, -0.05) is 35.3 Å². The average molecular weight is 480 g/mol. The zero-order valence-electron chi connectivity index (χ0n) is 17.3. The minimum Gasteiger partial charge on any atom is -0.504 e. The lowest BCUT2D eigenvalue weighted by molar-refractivity contribution is 0.102. The molecule has 0 unspecified atom stereocenters. The molecule has 1 aliphatic rings. The van der Waals surface area contributed by atoms with Crippen LogP contribution in [0, 0.1) is 0 Å². The summed E-state index contributed by atoms with van der Waals surface area (Å²) in [6.45, 7) is 1.51. The Bertz CT molecular complexity index is 1390. The fraction of sp³-hybridized carbons (Fsp3) is 0.120. The number of phenolic OH excluding ortho intramolecular Hbond substituents is 2. The summed E-state index contributed by atoms with van der Waals surface area (Å²) in [6.07, 6.45) is 0.810.